The summed E-state index contributed by atoms with van der Waals surface area (Å²) in [5.74, 6) is 0.0927. The molecule has 7 nitrogen and oxygen atoms in total. The van der Waals surface area contributed by atoms with Gasteiger partial charge in [0.15, 0.2) is 0 Å². The first-order valence-corrected chi connectivity index (χ1v) is 10.2. The maximum absolute atomic E-state index is 12.8. The molecule has 1 fully saturated rings. The number of amides is 2. The lowest BCUT2D eigenvalue weighted by Crippen LogP contribution is -2.57. The summed E-state index contributed by atoms with van der Waals surface area (Å²) >= 11 is 0. The number of rotatable bonds is 8. The van der Waals surface area contributed by atoms with E-state index in [1.165, 1.54) is 29.6 Å². The first-order chi connectivity index (χ1) is 14.5. The molecule has 1 unspecified atom stereocenters. The van der Waals surface area contributed by atoms with Crippen molar-refractivity contribution in [3.8, 4) is 0 Å². The average Bonchev–Trinajstić information content (AvgIpc) is 2.75. The normalized spacial score (nSPS) is 16.2. The van der Waals surface area contributed by atoms with Crippen LogP contribution in [-0.2, 0) is 14.2 Å². The van der Waals surface area contributed by atoms with Gasteiger partial charge < -0.3 is 14.2 Å². The zero-order valence-electron chi connectivity index (χ0n) is 18.1. The first kappa shape index (κ1) is 22.1. The van der Waals surface area contributed by atoms with E-state index in [1.807, 2.05) is 18.2 Å². The van der Waals surface area contributed by atoms with Gasteiger partial charge in [0.05, 0.1) is 18.7 Å². The molecular formula is C23H30N2O5. The highest BCUT2D eigenvalue weighted by Gasteiger charge is 2.34. The summed E-state index contributed by atoms with van der Waals surface area (Å²) in [7, 11) is 3.04. The first-order valence-electron chi connectivity index (χ1n) is 10.2. The van der Waals surface area contributed by atoms with E-state index in [1.54, 1.807) is 6.07 Å². The minimum absolute atomic E-state index is 0.127. The topological polar surface area (TPSA) is 68.3 Å². The fourth-order valence-corrected chi connectivity index (χ4v) is 3.66. The Hall–Kier alpha value is -2.64. The monoisotopic (exact) mass is 414 g/mol. The molecule has 1 saturated heterocycles. The molecule has 30 heavy (non-hydrogen) atoms. The zero-order valence-corrected chi connectivity index (χ0v) is 18.1. The van der Waals surface area contributed by atoms with Gasteiger partial charge in [-0.15, -0.1) is 0 Å². The molecule has 2 aromatic carbocycles. The summed E-state index contributed by atoms with van der Waals surface area (Å²) < 4.78 is 15.9. The molecule has 0 bridgehead atoms. The number of carbonyl (C=O) groups excluding carboxylic acids is 2. The van der Waals surface area contributed by atoms with Gasteiger partial charge in [-0.1, -0.05) is 38.1 Å². The summed E-state index contributed by atoms with van der Waals surface area (Å²) in [6, 6.07) is 11.7. The lowest BCUT2D eigenvalue weighted by Gasteiger charge is -2.38. The number of fused-ring (bicyclic) bond motifs is 1. The molecule has 1 atom stereocenters. The number of nitrogens with zero attached hydrogens (tertiary/aromatic N) is 2. The van der Waals surface area contributed by atoms with E-state index in [4.69, 9.17) is 14.2 Å². The van der Waals surface area contributed by atoms with Crippen LogP contribution in [0.15, 0.2) is 36.4 Å². The summed E-state index contributed by atoms with van der Waals surface area (Å²) in [5.41, 5.74) is 1.79. The van der Waals surface area contributed by atoms with Gasteiger partial charge in [0.1, 0.15) is 19.6 Å². The second-order valence-electron chi connectivity index (χ2n) is 7.72. The van der Waals surface area contributed by atoms with Gasteiger partial charge in [0.25, 0.3) is 0 Å². The van der Waals surface area contributed by atoms with Gasteiger partial charge in [-0.25, -0.2) is 9.59 Å². The summed E-state index contributed by atoms with van der Waals surface area (Å²) in [6.07, 6.45) is 0.615. The molecule has 0 N–H and O–H groups in total. The molecule has 162 valence electrons. The smallest absolute Gasteiger partial charge is 0.338 e. The summed E-state index contributed by atoms with van der Waals surface area (Å²) in [5, 5.41) is 2.10. The number of hydrogen-bond acceptors (Lipinski definition) is 5. The maximum atomic E-state index is 12.8. The van der Waals surface area contributed by atoms with Crippen molar-refractivity contribution >= 4 is 22.8 Å². The van der Waals surface area contributed by atoms with Crippen LogP contribution in [0, 0.1) is 0 Å². The molecule has 0 radical (unpaired) electrons. The quantitative estimate of drug-likeness (QED) is 0.614. The number of methoxy groups -OCH3 is 2. The molecule has 0 aliphatic carbocycles. The number of urea groups is 1. The van der Waals surface area contributed by atoms with E-state index in [0.29, 0.717) is 11.5 Å². The van der Waals surface area contributed by atoms with E-state index in [0.717, 1.165) is 17.2 Å². The van der Waals surface area contributed by atoms with E-state index < -0.39 is 12.1 Å². The molecule has 2 aromatic rings. The van der Waals surface area contributed by atoms with Crippen LogP contribution in [-0.4, -0.2) is 68.7 Å². The van der Waals surface area contributed by atoms with Crippen molar-refractivity contribution in [2.24, 2.45) is 0 Å². The fourth-order valence-electron chi connectivity index (χ4n) is 3.66. The molecule has 0 aromatic heterocycles. The SMILES string of the molecule is CCC(C)c1ccc2cc(C(=O)OC3CN(COC)C(=O)N(COC)C3)ccc2c1. The van der Waals surface area contributed by atoms with E-state index in [9.17, 15) is 9.59 Å². The lowest BCUT2D eigenvalue weighted by atomic mass is 9.95. The van der Waals surface area contributed by atoms with Crippen LogP contribution in [0.25, 0.3) is 10.8 Å². The van der Waals surface area contributed by atoms with Crippen LogP contribution < -0.4 is 0 Å². The van der Waals surface area contributed by atoms with Crippen LogP contribution in [0.2, 0.25) is 0 Å². The van der Waals surface area contributed by atoms with Crippen LogP contribution in [0.4, 0.5) is 4.79 Å². The Morgan fingerprint density at radius 2 is 1.63 bits per heavy atom. The van der Waals surface area contributed by atoms with Crippen molar-refractivity contribution in [2.75, 3.05) is 40.8 Å². The largest absolute Gasteiger partial charge is 0.455 e. The lowest BCUT2D eigenvalue weighted by molar-refractivity contribution is -0.0401. The van der Waals surface area contributed by atoms with E-state index in [-0.39, 0.29) is 32.6 Å². The molecule has 1 aliphatic heterocycles. The highest BCUT2D eigenvalue weighted by Crippen LogP contribution is 2.25. The number of carbonyl (C=O) groups is 2. The summed E-state index contributed by atoms with van der Waals surface area (Å²) in [6.45, 7) is 5.20. The molecule has 0 spiro atoms. The number of esters is 1. The maximum Gasteiger partial charge on any atom is 0.338 e. The molecular weight excluding hydrogens is 384 g/mol. The number of ether oxygens (including phenoxy) is 3. The van der Waals surface area contributed by atoms with Gasteiger partial charge in [0, 0.05) is 14.2 Å². The molecule has 1 aliphatic rings. The Kier molecular flexibility index (Phi) is 7.29. The van der Waals surface area contributed by atoms with Crippen molar-refractivity contribution in [1.29, 1.82) is 0 Å². The number of benzene rings is 2. The molecule has 2 amide bonds. The minimum Gasteiger partial charge on any atom is -0.455 e. The van der Waals surface area contributed by atoms with Crippen LogP contribution in [0.1, 0.15) is 42.1 Å². The van der Waals surface area contributed by atoms with Crippen LogP contribution in [0.3, 0.4) is 0 Å². The standard InChI is InChI=1S/C23H30N2O5/c1-5-16(2)17-6-7-19-11-20(9-8-18(19)10-17)22(26)30-21-12-24(14-28-3)23(27)25(13-21)15-29-4/h6-11,16,21H,5,12-15H2,1-4H3. The van der Waals surface area contributed by atoms with Gasteiger partial charge in [-0.3, -0.25) is 9.80 Å². The second-order valence-corrected chi connectivity index (χ2v) is 7.72. The second kappa shape index (κ2) is 9.91. The Labute approximate surface area is 177 Å². The minimum atomic E-state index is -0.469. The molecule has 1 heterocycles. The van der Waals surface area contributed by atoms with Gasteiger partial charge >= 0.3 is 12.0 Å². The highest BCUT2D eigenvalue weighted by molar-refractivity contribution is 5.95. The van der Waals surface area contributed by atoms with Crippen molar-refractivity contribution in [3.63, 3.8) is 0 Å². The van der Waals surface area contributed by atoms with Crippen molar-refractivity contribution in [1.82, 2.24) is 9.80 Å². The predicted octanol–water partition coefficient (Wildman–Crippen LogP) is 3.82. The third-order valence-corrected chi connectivity index (χ3v) is 5.51. The van der Waals surface area contributed by atoms with Gasteiger partial charge in [-0.2, -0.15) is 0 Å². The third-order valence-electron chi connectivity index (χ3n) is 5.51. The molecule has 0 saturated carbocycles. The predicted molar refractivity (Wildman–Crippen MR) is 114 cm³/mol. The van der Waals surface area contributed by atoms with Crippen molar-refractivity contribution < 1.29 is 23.8 Å². The highest BCUT2D eigenvalue weighted by atomic mass is 16.5. The molecule has 3 rings (SSSR count). The van der Waals surface area contributed by atoms with E-state index >= 15 is 0 Å². The van der Waals surface area contributed by atoms with Crippen molar-refractivity contribution in [3.05, 3.63) is 47.5 Å². The van der Waals surface area contributed by atoms with Crippen molar-refractivity contribution in [2.45, 2.75) is 32.3 Å². The van der Waals surface area contributed by atoms with Crippen LogP contribution >= 0.6 is 0 Å². The average molecular weight is 415 g/mol. The number of hydrogen-bond donors (Lipinski definition) is 0. The Morgan fingerprint density at radius 1 is 1.03 bits per heavy atom. The van der Waals surface area contributed by atoms with E-state index in [2.05, 4.69) is 26.0 Å². The van der Waals surface area contributed by atoms with Gasteiger partial charge in [-0.05, 0) is 40.8 Å². The third kappa shape index (κ3) is 4.91. The Balaban J connectivity index is 1.74. The Bertz CT molecular complexity index is 882. The van der Waals surface area contributed by atoms with Crippen LogP contribution in [0.5, 0.6) is 0 Å². The summed E-state index contributed by atoms with van der Waals surface area (Å²) in [4.78, 5) is 28.2. The Morgan fingerprint density at radius 3 is 2.23 bits per heavy atom. The molecule has 7 heteroatoms. The fraction of sp³-hybridized carbons (Fsp3) is 0.478. The van der Waals surface area contributed by atoms with Gasteiger partial charge in [0.2, 0.25) is 0 Å². The zero-order chi connectivity index (χ0) is 21.7.